The highest BCUT2D eigenvalue weighted by atomic mass is 35.5. The molecule has 126 valence electrons. The molecule has 0 aliphatic carbocycles. The molecule has 6 nitrogen and oxygen atoms in total. The van der Waals surface area contributed by atoms with Crippen molar-refractivity contribution < 1.29 is 4.79 Å². The van der Waals surface area contributed by atoms with Crippen LogP contribution in [0, 0.1) is 6.92 Å². The molecule has 0 spiro atoms. The molecule has 1 aromatic carbocycles. The Morgan fingerprint density at radius 2 is 2.12 bits per heavy atom. The zero-order valence-corrected chi connectivity index (χ0v) is 15.2. The van der Waals surface area contributed by atoms with Gasteiger partial charge in [0.05, 0.1) is 15.9 Å². The number of fused-ring (bicyclic) bond motifs is 2. The average Bonchev–Trinajstić information content (AvgIpc) is 3.07. The van der Waals surface area contributed by atoms with Crippen molar-refractivity contribution in [3.05, 3.63) is 50.1 Å². The standard InChI is InChI=1S/C16H11ClN4O2S2/c1-6-4-10(22)20-15-11(6)12(18)13(25-15)14(23)21-16-19-8-3-2-7(17)5-9(8)24-16/h2-5H,18H2,1H3,(H,20,22)(H,19,21,23). The van der Waals surface area contributed by atoms with Crippen LogP contribution in [0.15, 0.2) is 29.1 Å². The molecule has 0 saturated heterocycles. The molecular weight excluding hydrogens is 380 g/mol. The lowest BCUT2D eigenvalue weighted by Gasteiger charge is -2.00. The normalized spacial score (nSPS) is 11.3. The van der Waals surface area contributed by atoms with E-state index in [1.165, 1.54) is 17.4 Å². The molecule has 9 heteroatoms. The number of hydrogen-bond acceptors (Lipinski definition) is 6. The van der Waals surface area contributed by atoms with E-state index in [0.29, 0.717) is 30.9 Å². The van der Waals surface area contributed by atoms with Crippen molar-refractivity contribution in [2.75, 3.05) is 11.1 Å². The van der Waals surface area contributed by atoms with Crippen LogP contribution in [0.1, 0.15) is 15.2 Å². The Kier molecular flexibility index (Phi) is 3.75. The van der Waals surface area contributed by atoms with Crippen molar-refractivity contribution in [1.29, 1.82) is 0 Å². The lowest BCUT2D eigenvalue weighted by Crippen LogP contribution is -2.11. The number of nitrogens with one attached hydrogen (secondary N) is 2. The first-order valence-corrected chi connectivity index (χ1v) is 9.23. The van der Waals surface area contributed by atoms with Crippen LogP contribution in [0.4, 0.5) is 10.8 Å². The van der Waals surface area contributed by atoms with Gasteiger partial charge in [-0.3, -0.25) is 14.9 Å². The van der Waals surface area contributed by atoms with E-state index >= 15 is 0 Å². The van der Waals surface area contributed by atoms with Crippen LogP contribution >= 0.6 is 34.3 Å². The predicted octanol–water partition coefficient (Wildman–Crippen LogP) is 4.00. The number of anilines is 2. The summed E-state index contributed by atoms with van der Waals surface area (Å²) in [5, 5.41) is 4.54. The Labute approximate surface area is 154 Å². The monoisotopic (exact) mass is 390 g/mol. The van der Waals surface area contributed by atoms with Gasteiger partial charge in [0.15, 0.2) is 5.13 Å². The molecule has 0 unspecified atom stereocenters. The minimum Gasteiger partial charge on any atom is -0.397 e. The number of carbonyl (C=O) groups is 1. The van der Waals surface area contributed by atoms with Gasteiger partial charge in [-0.1, -0.05) is 22.9 Å². The first-order chi connectivity index (χ1) is 11.9. The van der Waals surface area contributed by atoms with E-state index in [4.69, 9.17) is 17.3 Å². The average molecular weight is 391 g/mol. The molecule has 0 aliphatic heterocycles. The van der Waals surface area contributed by atoms with Gasteiger partial charge < -0.3 is 10.7 Å². The maximum atomic E-state index is 12.6. The first kappa shape index (κ1) is 16.1. The van der Waals surface area contributed by atoms with E-state index in [0.717, 1.165) is 27.1 Å². The number of pyridine rings is 1. The van der Waals surface area contributed by atoms with Gasteiger partial charge in [0, 0.05) is 16.5 Å². The van der Waals surface area contributed by atoms with Crippen LogP contribution in [0.25, 0.3) is 20.4 Å². The number of amides is 1. The number of hydrogen-bond donors (Lipinski definition) is 3. The van der Waals surface area contributed by atoms with Crippen molar-refractivity contribution in [3.8, 4) is 0 Å². The number of thiophene rings is 1. The number of thiazole rings is 1. The second kappa shape index (κ2) is 5.83. The van der Waals surface area contributed by atoms with Gasteiger partial charge in [0.2, 0.25) is 5.56 Å². The third kappa shape index (κ3) is 2.78. The fourth-order valence-corrected chi connectivity index (χ4v) is 4.84. The Morgan fingerprint density at radius 1 is 1.32 bits per heavy atom. The van der Waals surface area contributed by atoms with Gasteiger partial charge in [0.1, 0.15) is 9.71 Å². The van der Waals surface area contributed by atoms with E-state index in [2.05, 4.69) is 15.3 Å². The van der Waals surface area contributed by atoms with Gasteiger partial charge in [-0.15, -0.1) is 11.3 Å². The van der Waals surface area contributed by atoms with E-state index < -0.39 is 0 Å². The highest BCUT2D eigenvalue weighted by Gasteiger charge is 2.19. The van der Waals surface area contributed by atoms with Crippen LogP contribution in [0.2, 0.25) is 5.02 Å². The third-order valence-electron chi connectivity index (χ3n) is 3.70. The lowest BCUT2D eigenvalue weighted by molar-refractivity contribution is 0.103. The number of nitrogens with zero attached hydrogens (tertiary/aromatic N) is 1. The highest BCUT2D eigenvalue weighted by Crippen LogP contribution is 2.35. The summed E-state index contributed by atoms with van der Waals surface area (Å²) in [6, 6.07) is 6.81. The number of aromatic amines is 1. The molecule has 0 aliphatic rings. The van der Waals surface area contributed by atoms with Crippen molar-refractivity contribution in [3.63, 3.8) is 0 Å². The summed E-state index contributed by atoms with van der Waals surface area (Å²) in [4.78, 5) is 32.2. The molecule has 25 heavy (non-hydrogen) atoms. The number of nitrogens with two attached hydrogens (primary N) is 1. The summed E-state index contributed by atoms with van der Waals surface area (Å²) >= 11 is 8.45. The largest absolute Gasteiger partial charge is 0.397 e. The quantitative estimate of drug-likeness (QED) is 0.481. The maximum Gasteiger partial charge on any atom is 0.269 e. The maximum absolute atomic E-state index is 12.6. The minimum atomic E-state index is -0.357. The van der Waals surface area contributed by atoms with E-state index in [1.807, 2.05) is 0 Å². The molecule has 0 fully saturated rings. The Balaban J connectivity index is 1.73. The van der Waals surface area contributed by atoms with E-state index in [-0.39, 0.29) is 11.5 Å². The van der Waals surface area contributed by atoms with Gasteiger partial charge in [-0.2, -0.15) is 0 Å². The number of H-pyrrole nitrogens is 1. The van der Waals surface area contributed by atoms with Gasteiger partial charge in [0.25, 0.3) is 5.91 Å². The van der Waals surface area contributed by atoms with Crippen LogP contribution in [0.5, 0.6) is 0 Å². The van der Waals surface area contributed by atoms with Gasteiger partial charge in [-0.25, -0.2) is 4.98 Å². The molecule has 4 aromatic rings. The number of halogens is 1. The molecule has 0 atom stereocenters. The summed E-state index contributed by atoms with van der Waals surface area (Å²) in [6.45, 7) is 1.79. The highest BCUT2D eigenvalue weighted by molar-refractivity contribution is 7.23. The molecule has 3 aromatic heterocycles. The smallest absolute Gasteiger partial charge is 0.269 e. The second-order valence-corrected chi connectivity index (χ2v) is 7.94. The molecular formula is C16H11ClN4O2S2. The molecule has 4 N–H and O–H groups in total. The molecule has 0 radical (unpaired) electrons. The number of aryl methyl sites for hydroxylation is 1. The predicted molar refractivity (Wildman–Crippen MR) is 104 cm³/mol. The second-order valence-electron chi connectivity index (χ2n) is 5.45. The number of benzene rings is 1. The van der Waals surface area contributed by atoms with Crippen molar-refractivity contribution in [1.82, 2.24) is 9.97 Å². The summed E-state index contributed by atoms with van der Waals surface area (Å²) in [5.74, 6) is -0.357. The molecule has 1 amide bonds. The summed E-state index contributed by atoms with van der Waals surface area (Å²) in [6.07, 6.45) is 0. The van der Waals surface area contributed by atoms with E-state index in [9.17, 15) is 9.59 Å². The Bertz CT molecular complexity index is 1210. The van der Waals surface area contributed by atoms with Crippen molar-refractivity contribution >= 4 is 71.4 Å². The van der Waals surface area contributed by atoms with Crippen molar-refractivity contribution in [2.24, 2.45) is 0 Å². The topological polar surface area (TPSA) is 101 Å². The molecule has 3 heterocycles. The summed E-state index contributed by atoms with van der Waals surface area (Å²) < 4.78 is 0.882. The molecule has 0 bridgehead atoms. The Morgan fingerprint density at radius 3 is 2.92 bits per heavy atom. The third-order valence-corrected chi connectivity index (χ3v) is 5.99. The van der Waals surface area contributed by atoms with E-state index in [1.54, 1.807) is 25.1 Å². The summed E-state index contributed by atoms with van der Waals surface area (Å²) in [5.41, 5.74) is 7.76. The van der Waals surface area contributed by atoms with Crippen LogP contribution in [-0.4, -0.2) is 15.9 Å². The molecule has 4 rings (SSSR count). The van der Waals surface area contributed by atoms with Gasteiger partial charge in [-0.05, 0) is 30.7 Å². The fourth-order valence-electron chi connectivity index (χ4n) is 2.61. The van der Waals surface area contributed by atoms with Crippen LogP contribution < -0.4 is 16.6 Å². The number of aromatic nitrogens is 2. The lowest BCUT2D eigenvalue weighted by atomic mass is 10.2. The number of rotatable bonds is 2. The Hall–Kier alpha value is -2.42. The minimum absolute atomic E-state index is 0.221. The summed E-state index contributed by atoms with van der Waals surface area (Å²) in [7, 11) is 0. The zero-order valence-electron chi connectivity index (χ0n) is 12.8. The molecule has 0 saturated carbocycles. The number of carbonyl (C=O) groups excluding carboxylic acids is 1. The fraction of sp³-hybridized carbons (Fsp3) is 0.0625. The zero-order chi connectivity index (χ0) is 17.7. The van der Waals surface area contributed by atoms with Crippen LogP contribution in [-0.2, 0) is 0 Å². The van der Waals surface area contributed by atoms with Crippen LogP contribution in [0.3, 0.4) is 0 Å². The SMILES string of the molecule is Cc1cc(=O)[nH]c2sc(C(=O)Nc3nc4ccc(Cl)cc4s3)c(N)c12. The van der Waals surface area contributed by atoms with Gasteiger partial charge >= 0.3 is 0 Å². The first-order valence-electron chi connectivity index (χ1n) is 7.21. The number of nitrogen functional groups attached to an aromatic ring is 1. The van der Waals surface area contributed by atoms with Crippen molar-refractivity contribution in [2.45, 2.75) is 6.92 Å².